The van der Waals surface area contributed by atoms with Crippen LogP contribution in [-0.4, -0.2) is 63.1 Å². The number of carboxylic acids is 3. The smallest absolute Gasteiger partial charge is 0.322 e. The molecule has 0 aromatic rings. The fourth-order valence-electron chi connectivity index (χ4n) is 0.0781. The van der Waals surface area contributed by atoms with Crippen LogP contribution in [0.3, 0.4) is 0 Å². The Morgan fingerprint density at radius 1 is 0.842 bits per heavy atom. The van der Waals surface area contributed by atoms with Gasteiger partial charge in [-0.3, -0.25) is 14.4 Å². The Bertz CT molecular complexity index is 263. The maximum atomic E-state index is 9.65. The lowest BCUT2D eigenvalue weighted by molar-refractivity contribution is -0.140. The van der Waals surface area contributed by atoms with E-state index in [2.05, 4.69) is 0 Å². The molecule has 10 nitrogen and oxygen atoms in total. The minimum absolute atomic E-state index is 0.505. The number of hydrogen-bond donors (Lipinski definition) is 7. The van der Waals surface area contributed by atoms with Gasteiger partial charge in [-0.25, -0.2) is 0 Å². The van der Waals surface area contributed by atoms with Crippen LogP contribution in [0.2, 0.25) is 0 Å². The second-order valence-corrected chi connectivity index (χ2v) is 3.38. The zero-order valence-electron chi connectivity index (χ0n) is 10.7. The van der Waals surface area contributed by atoms with Crippen LogP contribution in [0.25, 0.3) is 0 Å². The van der Waals surface area contributed by atoms with Crippen LogP contribution in [0.1, 0.15) is 13.8 Å². The highest BCUT2D eigenvalue weighted by molar-refractivity contribution is 5.73. The number of nitrogens with two attached hydrogens (primary N) is 3. The minimum atomic E-state index is -1.18. The average Bonchev–Trinajstić information content (AvgIpc) is 2.29. The van der Waals surface area contributed by atoms with E-state index in [4.69, 9.17) is 37.6 Å². The second kappa shape index (κ2) is 12.7. The fourth-order valence-corrected chi connectivity index (χ4v) is 0.0781. The second-order valence-electron chi connectivity index (χ2n) is 3.38. The van der Waals surface area contributed by atoms with Crippen LogP contribution in [0.5, 0.6) is 0 Å². The summed E-state index contributed by atoms with van der Waals surface area (Å²) in [7, 11) is 0. The van der Waals surface area contributed by atoms with E-state index in [0.717, 1.165) is 0 Å². The van der Waals surface area contributed by atoms with E-state index in [1.165, 1.54) is 13.8 Å². The van der Waals surface area contributed by atoms with Gasteiger partial charge in [0.15, 0.2) is 0 Å². The van der Waals surface area contributed by atoms with Crippen molar-refractivity contribution >= 4 is 17.9 Å². The van der Waals surface area contributed by atoms with Gasteiger partial charge >= 0.3 is 17.9 Å². The summed E-state index contributed by atoms with van der Waals surface area (Å²) in [5.41, 5.74) is 14.4. The van der Waals surface area contributed by atoms with Crippen LogP contribution in [0.4, 0.5) is 0 Å². The summed E-state index contributed by atoms with van der Waals surface area (Å²) in [6.07, 6.45) is 0. The Balaban J connectivity index is -0.000000203. The normalized spacial score (nSPS) is 13.6. The molecule has 0 aliphatic rings. The number of carboxylic acid groups (broad SMARTS) is 3. The molecule has 0 fully saturated rings. The number of aliphatic carboxylic acids is 3. The van der Waals surface area contributed by atoms with Gasteiger partial charge in [0.25, 0.3) is 0 Å². The summed E-state index contributed by atoms with van der Waals surface area (Å²) in [5.74, 6) is -3.10. The van der Waals surface area contributed by atoms with Gasteiger partial charge in [0.05, 0.1) is 6.61 Å². The van der Waals surface area contributed by atoms with Crippen LogP contribution < -0.4 is 17.2 Å². The molecular weight excluding hydrogens is 262 g/mol. The first kappa shape index (κ1) is 22.4. The Morgan fingerprint density at radius 3 is 1.05 bits per heavy atom. The van der Waals surface area contributed by atoms with Crippen LogP contribution >= 0.6 is 0 Å². The molecule has 19 heavy (non-hydrogen) atoms. The Hall–Kier alpha value is -1.75. The zero-order chi connectivity index (χ0) is 16.2. The van der Waals surface area contributed by atoms with Crippen molar-refractivity contribution < 1.29 is 34.8 Å². The van der Waals surface area contributed by atoms with Crippen molar-refractivity contribution in [1.29, 1.82) is 0 Å². The van der Waals surface area contributed by atoms with Crippen molar-refractivity contribution in [3.8, 4) is 0 Å². The standard InChI is InChI=1S/C3H7NO3.2C3H7NO2/c4-2(1-5)3(6)7;2*1-2(4)3(5)6/h2,5H,1,4H2,(H,6,7);2*2H,4H2,1H3,(H,5,6)/t3*2-/m010/s1. The monoisotopic (exact) mass is 283 g/mol. The average molecular weight is 283 g/mol. The number of aliphatic hydroxyl groups excluding tert-OH is 1. The lowest BCUT2D eigenvalue weighted by atomic mass is 10.3. The van der Waals surface area contributed by atoms with Gasteiger partial charge in [0.1, 0.15) is 18.1 Å². The number of rotatable bonds is 4. The van der Waals surface area contributed by atoms with E-state index in [9.17, 15) is 14.4 Å². The van der Waals surface area contributed by atoms with Gasteiger partial charge in [-0.1, -0.05) is 0 Å². The maximum absolute atomic E-state index is 9.65. The maximum Gasteiger partial charge on any atom is 0.322 e. The van der Waals surface area contributed by atoms with Gasteiger partial charge < -0.3 is 37.6 Å². The summed E-state index contributed by atoms with van der Waals surface area (Å²) >= 11 is 0. The third-order valence-electron chi connectivity index (χ3n) is 1.29. The summed E-state index contributed by atoms with van der Waals surface area (Å²) < 4.78 is 0. The van der Waals surface area contributed by atoms with Crippen molar-refractivity contribution in [2.24, 2.45) is 17.2 Å². The van der Waals surface area contributed by atoms with Crippen LogP contribution in [-0.2, 0) is 14.4 Å². The summed E-state index contributed by atoms with van der Waals surface area (Å²) in [4.78, 5) is 28.8. The summed E-state index contributed by atoms with van der Waals surface area (Å²) in [6.45, 7) is 2.33. The summed E-state index contributed by atoms with van der Waals surface area (Å²) in [6, 6.07) is -2.59. The molecule has 3 atom stereocenters. The fraction of sp³-hybridized carbons (Fsp3) is 0.667. The van der Waals surface area contributed by atoms with Gasteiger partial charge in [-0.15, -0.1) is 0 Å². The molecule has 0 aliphatic carbocycles. The van der Waals surface area contributed by atoms with Gasteiger partial charge in [0.2, 0.25) is 0 Å². The molecule has 0 heterocycles. The third-order valence-corrected chi connectivity index (χ3v) is 1.29. The topological polar surface area (TPSA) is 210 Å². The third kappa shape index (κ3) is 22.0. The molecule has 10 N–H and O–H groups in total. The SMILES string of the molecule is C[C@@H](N)C(=O)O.C[C@H](N)C(=O)O.N[C@@H](CO)C(=O)O. The molecule has 0 rings (SSSR count). The lowest BCUT2D eigenvalue weighted by Crippen LogP contribution is -2.33. The molecule has 0 amide bonds. The highest BCUT2D eigenvalue weighted by Gasteiger charge is 2.07. The molecule has 114 valence electrons. The highest BCUT2D eigenvalue weighted by atomic mass is 16.4. The molecular formula is C9H21N3O7. The van der Waals surface area contributed by atoms with E-state index in [1.807, 2.05) is 0 Å². The molecule has 0 radical (unpaired) electrons. The molecule has 0 aromatic carbocycles. The lowest BCUT2D eigenvalue weighted by Gasteiger charge is -1.96. The highest BCUT2D eigenvalue weighted by Crippen LogP contribution is 1.71. The first-order valence-corrected chi connectivity index (χ1v) is 5.03. The Morgan fingerprint density at radius 2 is 1.05 bits per heavy atom. The predicted octanol–water partition coefficient (Wildman–Crippen LogP) is -2.77. The predicted molar refractivity (Wildman–Crippen MR) is 65.3 cm³/mol. The van der Waals surface area contributed by atoms with E-state index in [-0.39, 0.29) is 0 Å². The molecule has 10 heteroatoms. The van der Waals surface area contributed by atoms with Crippen molar-refractivity contribution in [3.63, 3.8) is 0 Å². The molecule has 0 saturated heterocycles. The zero-order valence-corrected chi connectivity index (χ0v) is 10.7. The van der Waals surface area contributed by atoms with Crippen molar-refractivity contribution in [2.45, 2.75) is 32.0 Å². The molecule has 0 unspecified atom stereocenters. The summed E-state index contributed by atoms with van der Waals surface area (Å²) in [5, 5.41) is 31.6. The van der Waals surface area contributed by atoms with Crippen LogP contribution in [0.15, 0.2) is 0 Å². The minimum Gasteiger partial charge on any atom is -0.480 e. The van der Waals surface area contributed by atoms with E-state index in [0.29, 0.717) is 0 Å². The molecule has 0 aromatic heterocycles. The van der Waals surface area contributed by atoms with Gasteiger partial charge in [0, 0.05) is 0 Å². The first-order chi connectivity index (χ1) is 8.47. The number of carbonyl (C=O) groups is 3. The van der Waals surface area contributed by atoms with E-state index in [1.54, 1.807) is 0 Å². The van der Waals surface area contributed by atoms with E-state index >= 15 is 0 Å². The molecule has 0 bridgehead atoms. The van der Waals surface area contributed by atoms with Crippen molar-refractivity contribution in [3.05, 3.63) is 0 Å². The Kier molecular flexibility index (Phi) is 15.0. The van der Waals surface area contributed by atoms with Crippen LogP contribution in [0, 0.1) is 0 Å². The number of aliphatic hydroxyl groups is 1. The van der Waals surface area contributed by atoms with Gasteiger partial charge in [-0.2, -0.15) is 0 Å². The van der Waals surface area contributed by atoms with Crippen molar-refractivity contribution in [2.75, 3.05) is 6.61 Å². The largest absolute Gasteiger partial charge is 0.480 e. The van der Waals surface area contributed by atoms with Gasteiger partial charge in [-0.05, 0) is 13.8 Å². The molecule has 0 aliphatic heterocycles. The van der Waals surface area contributed by atoms with E-state index < -0.39 is 42.6 Å². The first-order valence-electron chi connectivity index (χ1n) is 5.03. The van der Waals surface area contributed by atoms with Crippen molar-refractivity contribution in [1.82, 2.24) is 0 Å². The number of hydrogen-bond acceptors (Lipinski definition) is 7. The molecule has 0 saturated carbocycles. The molecule has 0 spiro atoms. The Labute approximate surface area is 109 Å². The quantitative estimate of drug-likeness (QED) is 0.282.